The highest BCUT2D eigenvalue weighted by molar-refractivity contribution is 5.85. The van der Waals surface area contributed by atoms with Gasteiger partial charge in [0.2, 0.25) is 0 Å². The third kappa shape index (κ3) is 5.85. The molecule has 21 heavy (non-hydrogen) atoms. The summed E-state index contributed by atoms with van der Waals surface area (Å²) >= 11 is 0. The molecule has 1 aromatic rings. The van der Waals surface area contributed by atoms with Crippen molar-refractivity contribution in [1.82, 2.24) is 10.2 Å². The summed E-state index contributed by atoms with van der Waals surface area (Å²) in [6.45, 7) is 9.60. The molecule has 3 nitrogen and oxygen atoms in total. The van der Waals surface area contributed by atoms with E-state index in [-0.39, 0.29) is 12.4 Å². The van der Waals surface area contributed by atoms with Gasteiger partial charge in [0.25, 0.3) is 0 Å². The summed E-state index contributed by atoms with van der Waals surface area (Å²) < 4.78 is 5.96. The maximum Gasteiger partial charge on any atom is 0.122 e. The third-order valence-electron chi connectivity index (χ3n) is 4.10. The number of likely N-dealkylation sites (tertiary alicyclic amines) is 1. The van der Waals surface area contributed by atoms with Crippen LogP contribution in [0.1, 0.15) is 24.0 Å². The van der Waals surface area contributed by atoms with Crippen molar-refractivity contribution >= 4 is 12.4 Å². The molecule has 1 unspecified atom stereocenters. The lowest BCUT2D eigenvalue weighted by molar-refractivity contribution is 0.146. The molecule has 1 fully saturated rings. The number of aryl methyl sites for hydroxylation is 2. The Hall–Kier alpha value is -0.770. The van der Waals surface area contributed by atoms with Gasteiger partial charge in [0.15, 0.2) is 0 Å². The molecule has 0 amide bonds. The first-order valence-electron chi connectivity index (χ1n) is 7.76. The summed E-state index contributed by atoms with van der Waals surface area (Å²) in [6, 6.07) is 6.40. The van der Waals surface area contributed by atoms with E-state index >= 15 is 0 Å². The summed E-state index contributed by atoms with van der Waals surface area (Å²) in [6.07, 6.45) is 2.67. The molecule has 0 bridgehead atoms. The SMILES string of the molecule is CNCC1CCCN(CCOc2cc(C)ccc2C)C1.Cl. The number of rotatable bonds is 6. The summed E-state index contributed by atoms with van der Waals surface area (Å²) in [5.41, 5.74) is 2.49. The molecule has 0 spiro atoms. The van der Waals surface area contributed by atoms with Crippen LogP contribution >= 0.6 is 12.4 Å². The summed E-state index contributed by atoms with van der Waals surface area (Å²) in [4.78, 5) is 2.54. The van der Waals surface area contributed by atoms with E-state index in [1.165, 1.54) is 37.1 Å². The van der Waals surface area contributed by atoms with Crippen LogP contribution in [0.3, 0.4) is 0 Å². The van der Waals surface area contributed by atoms with Crippen molar-refractivity contribution in [3.8, 4) is 5.75 Å². The topological polar surface area (TPSA) is 24.5 Å². The zero-order valence-corrected chi connectivity index (χ0v) is 14.3. The van der Waals surface area contributed by atoms with Crippen molar-refractivity contribution in [2.45, 2.75) is 26.7 Å². The van der Waals surface area contributed by atoms with Gasteiger partial charge in [-0.05, 0) is 69.9 Å². The Balaban J connectivity index is 0.00000220. The van der Waals surface area contributed by atoms with Crippen molar-refractivity contribution in [3.63, 3.8) is 0 Å². The van der Waals surface area contributed by atoms with E-state index in [1.54, 1.807) is 0 Å². The van der Waals surface area contributed by atoms with E-state index in [9.17, 15) is 0 Å². The average molecular weight is 313 g/mol. The van der Waals surface area contributed by atoms with Gasteiger partial charge in [-0.2, -0.15) is 0 Å². The van der Waals surface area contributed by atoms with Gasteiger partial charge < -0.3 is 10.1 Å². The normalized spacial score (nSPS) is 19.1. The Bertz CT molecular complexity index is 423. The molecule has 2 rings (SSSR count). The molecule has 0 aliphatic carbocycles. The van der Waals surface area contributed by atoms with Gasteiger partial charge >= 0.3 is 0 Å². The van der Waals surface area contributed by atoms with Crippen LogP contribution in [0, 0.1) is 19.8 Å². The second-order valence-corrected chi connectivity index (χ2v) is 5.98. The van der Waals surface area contributed by atoms with Crippen LogP contribution in [-0.4, -0.2) is 44.7 Å². The molecule has 4 heteroatoms. The first-order valence-corrected chi connectivity index (χ1v) is 7.76. The highest BCUT2D eigenvalue weighted by Crippen LogP contribution is 2.19. The van der Waals surface area contributed by atoms with Crippen LogP contribution in [-0.2, 0) is 0 Å². The van der Waals surface area contributed by atoms with Crippen molar-refractivity contribution < 1.29 is 4.74 Å². The Kier molecular flexibility index (Phi) is 8.09. The Morgan fingerprint density at radius 2 is 2.14 bits per heavy atom. The smallest absolute Gasteiger partial charge is 0.122 e. The largest absolute Gasteiger partial charge is 0.492 e. The van der Waals surface area contributed by atoms with Gasteiger partial charge in [0, 0.05) is 13.1 Å². The molecule has 1 saturated heterocycles. The minimum absolute atomic E-state index is 0. The van der Waals surface area contributed by atoms with Gasteiger partial charge in [0.05, 0.1) is 0 Å². The zero-order valence-electron chi connectivity index (χ0n) is 13.5. The number of hydrogen-bond acceptors (Lipinski definition) is 3. The van der Waals surface area contributed by atoms with E-state index in [4.69, 9.17) is 4.74 Å². The Morgan fingerprint density at radius 1 is 1.33 bits per heavy atom. The minimum atomic E-state index is 0. The average Bonchev–Trinajstić information content (AvgIpc) is 2.43. The number of benzene rings is 1. The summed E-state index contributed by atoms with van der Waals surface area (Å²) in [5, 5.41) is 3.30. The Morgan fingerprint density at radius 3 is 2.90 bits per heavy atom. The first-order chi connectivity index (χ1) is 9.69. The summed E-state index contributed by atoms with van der Waals surface area (Å²) in [5.74, 6) is 1.84. The quantitative estimate of drug-likeness (QED) is 0.874. The van der Waals surface area contributed by atoms with Gasteiger partial charge in [-0.3, -0.25) is 4.90 Å². The van der Waals surface area contributed by atoms with Crippen molar-refractivity contribution in [2.75, 3.05) is 39.8 Å². The number of piperidine rings is 1. The molecule has 1 aliphatic heterocycles. The molecule has 120 valence electrons. The van der Waals surface area contributed by atoms with Crippen LogP contribution in [0.15, 0.2) is 18.2 Å². The third-order valence-corrected chi connectivity index (χ3v) is 4.10. The highest BCUT2D eigenvalue weighted by atomic mass is 35.5. The molecule has 1 aromatic carbocycles. The van der Waals surface area contributed by atoms with Gasteiger partial charge in [-0.15, -0.1) is 12.4 Å². The van der Waals surface area contributed by atoms with E-state index in [2.05, 4.69) is 42.3 Å². The van der Waals surface area contributed by atoms with Gasteiger partial charge in [-0.1, -0.05) is 12.1 Å². The zero-order chi connectivity index (χ0) is 14.4. The van der Waals surface area contributed by atoms with Crippen LogP contribution in [0.25, 0.3) is 0 Å². The number of hydrogen-bond donors (Lipinski definition) is 1. The predicted octanol–water partition coefficient (Wildman–Crippen LogP) is 3.04. The molecule has 1 atom stereocenters. The van der Waals surface area contributed by atoms with Gasteiger partial charge in [-0.25, -0.2) is 0 Å². The van der Waals surface area contributed by atoms with Crippen LogP contribution in [0.2, 0.25) is 0 Å². The molecule has 0 saturated carbocycles. The molecule has 1 N–H and O–H groups in total. The Labute approximate surface area is 135 Å². The number of ether oxygens (including phenoxy) is 1. The lowest BCUT2D eigenvalue weighted by Gasteiger charge is -2.32. The maximum atomic E-state index is 5.96. The van der Waals surface area contributed by atoms with E-state index in [1.807, 2.05) is 7.05 Å². The first kappa shape index (κ1) is 18.3. The molecular formula is C17H29ClN2O. The van der Waals surface area contributed by atoms with E-state index in [0.29, 0.717) is 0 Å². The fourth-order valence-electron chi connectivity index (χ4n) is 2.96. The van der Waals surface area contributed by atoms with Crippen molar-refractivity contribution in [2.24, 2.45) is 5.92 Å². The lowest BCUT2D eigenvalue weighted by atomic mass is 9.98. The molecule has 1 heterocycles. The highest BCUT2D eigenvalue weighted by Gasteiger charge is 2.18. The van der Waals surface area contributed by atoms with Crippen LogP contribution in [0.4, 0.5) is 0 Å². The second kappa shape index (κ2) is 9.29. The van der Waals surface area contributed by atoms with Crippen molar-refractivity contribution in [3.05, 3.63) is 29.3 Å². The lowest BCUT2D eigenvalue weighted by Crippen LogP contribution is -2.40. The van der Waals surface area contributed by atoms with E-state index in [0.717, 1.165) is 31.4 Å². The maximum absolute atomic E-state index is 5.96. The monoisotopic (exact) mass is 312 g/mol. The number of halogens is 1. The fraction of sp³-hybridized carbons (Fsp3) is 0.647. The summed E-state index contributed by atoms with van der Waals surface area (Å²) in [7, 11) is 2.04. The molecular weight excluding hydrogens is 284 g/mol. The second-order valence-electron chi connectivity index (χ2n) is 5.98. The van der Waals surface area contributed by atoms with Crippen LogP contribution in [0.5, 0.6) is 5.75 Å². The fourth-order valence-corrected chi connectivity index (χ4v) is 2.96. The molecule has 0 aromatic heterocycles. The molecule has 0 radical (unpaired) electrons. The van der Waals surface area contributed by atoms with Gasteiger partial charge in [0.1, 0.15) is 12.4 Å². The standard InChI is InChI=1S/C17H28N2O.ClH/c1-14-6-7-15(2)17(11-14)20-10-9-19-8-4-5-16(13-19)12-18-3;/h6-7,11,16,18H,4-5,8-10,12-13H2,1-3H3;1H. The number of nitrogens with zero attached hydrogens (tertiary/aromatic N) is 1. The minimum Gasteiger partial charge on any atom is -0.492 e. The predicted molar refractivity (Wildman–Crippen MR) is 91.7 cm³/mol. The molecule has 1 aliphatic rings. The number of nitrogens with one attached hydrogen (secondary N) is 1. The van der Waals surface area contributed by atoms with Crippen molar-refractivity contribution in [1.29, 1.82) is 0 Å². The van der Waals surface area contributed by atoms with E-state index < -0.39 is 0 Å². The van der Waals surface area contributed by atoms with Crippen LogP contribution < -0.4 is 10.1 Å².